The molecule has 0 bridgehead atoms. The van der Waals surface area contributed by atoms with Crippen LogP contribution in [0.3, 0.4) is 0 Å². The fourth-order valence-corrected chi connectivity index (χ4v) is 1.07. The molecule has 19 heavy (non-hydrogen) atoms. The first-order valence-electron chi connectivity index (χ1n) is 5.94. The SMILES string of the molecule is CC=CC#CC#CC=CC=C[C@H](CCO)OC(C)=O. The summed E-state index contributed by atoms with van der Waals surface area (Å²) in [6, 6.07) is 0. The van der Waals surface area contributed by atoms with Crippen LogP contribution in [0.25, 0.3) is 0 Å². The Balaban J connectivity index is 4.23. The molecule has 0 amide bonds. The van der Waals surface area contributed by atoms with Crippen LogP contribution in [0, 0.1) is 23.7 Å². The van der Waals surface area contributed by atoms with Crippen molar-refractivity contribution in [1.82, 2.24) is 0 Å². The first-order valence-corrected chi connectivity index (χ1v) is 5.94. The zero-order chi connectivity index (χ0) is 14.3. The van der Waals surface area contributed by atoms with E-state index in [0.29, 0.717) is 6.42 Å². The van der Waals surface area contributed by atoms with Crippen molar-refractivity contribution in [3.05, 3.63) is 36.5 Å². The third kappa shape index (κ3) is 12.0. The fraction of sp³-hybridized carbons (Fsp3) is 0.312. The molecule has 1 atom stereocenters. The average Bonchev–Trinajstić information content (AvgIpc) is 2.36. The molecule has 0 aliphatic heterocycles. The molecular weight excluding hydrogens is 240 g/mol. The van der Waals surface area contributed by atoms with E-state index < -0.39 is 6.10 Å². The second-order valence-electron chi connectivity index (χ2n) is 3.44. The van der Waals surface area contributed by atoms with Gasteiger partial charge in [0.1, 0.15) is 6.10 Å². The number of aliphatic hydroxyl groups is 1. The Morgan fingerprint density at radius 3 is 2.53 bits per heavy atom. The number of allylic oxidation sites excluding steroid dienone is 5. The standard InChI is InChI=1S/C16H18O3/c1-3-4-5-6-7-8-9-10-11-12-16(13-14-17)19-15(2)18/h3-4,9-12,16-17H,13-14H2,1-2H3/t16-/m1/s1. The molecule has 0 rings (SSSR count). The van der Waals surface area contributed by atoms with Gasteiger partial charge in [-0.25, -0.2) is 0 Å². The minimum atomic E-state index is -0.408. The molecule has 0 spiro atoms. The van der Waals surface area contributed by atoms with Crippen molar-refractivity contribution >= 4 is 5.97 Å². The quantitative estimate of drug-likeness (QED) is 0.466. The number of carbonyl (C=O) groups excluding carboxylic acids is 1. The van der Waals surface area contributed by atoms with Crippen molar-refractivity contribution in [3.8, 4) is 23.7 Å². The Hall–Kier alpha value is -2.23. The molecular formula is C16H18O3. The van der Waals surface area contributed by atoms with Gasteiger partial charge in [-0.05, 0) is 37.0 Å². The highest BCUT2D eigenvalue weighted by Gasteiger charge is 2.05. The van der Waals surface area contributed by atoms with Crippen LogP contribution >= 0.6 is 0 Å². The van der Waals surface area contributed by atoms with Gasteiger partial charge in [-0.1, -0.05) is 30.1 Å². The predicted octanol–water partition coefficient (Wildman–Crippen LogP) is 2.00. The van der Waals surface area contributed by atoms with Gasteiger partial charge in [-0.2, -0.15) is 0 Å². The zero-order valence-corrected chi connectivity index (χ0v) is 11.2. The Labute approximate surface area is 114 Å². The van der Waals surface area contributed by atoms with Gasteiger partial charge in [0.15, 0.2) is 0 Å². The van der Waals surface area contributed by atoms with E-state index in [1.165, 1.54) is 6.92 Å². The van der Waals surface area contributed by atoms with Crippen molar-refractivity contribution in [2.75, 3.05) is 6.61 Å². The number of ether oxygens (including phenoxy) is 1. The maximum absolute atomic E-state index is 10.8. The van der Waals surface area contributed by atoms with E-state index in [9.17, 15) is 4.79 Å². The van der Waals surface area contributed by atoms with Gasteiger partial charge in [0.2, 0.25) is 0 Å². The molecule has 0 unspecified atom stereocenters. The fourth-order valence-electron chi connectivity index (χ4n) is 1.07. The van der Waals surface area contributed by atoms with Crippen LogP contribution in [0.1, 0.15) is 20.3 Å². The lowest BCUT2D eigenvalue weighted by molar-refractivity contribution is -0.144. The molecule has 0 aliphatic carbocycles. The molecule has 3 nitrogen and oxygen atoms in total. The van der Waals surface area contributed by atoms with Gasteiger partial charge in [0.25, 0.3) is 0 Å². The van der Waals surface area contributed by atoms with Gasteiger partial charge in [0.05, 0.1) is 0 Å². The number of rotatable bonds is 5. The molecule has 3 heteroatoms. The monoisotopic (exact) mass is 258 g/mol. The Kier molecular flexibility index (Phi) is 10.8. The van der Waals surface area contributed by atoms with E-state index in [1.807, 2.05) is 13.0 Å². The molecule has 0 saturated carbocycles. The number of hydrogen-bond acceptors (Lipinski definition) is 3. The smallest absolute Gasteiger partial charge is 0.303 e. The zero-order valence-electron chi connectivity index (χ0n) is 11.2. The molecule has 0 saturated heterocycles. The third-order valence-electron chi connectivity index (χ3n) is 1.80. The summed E-state index contributed by atoms with van der Waals surface area (Å²) in [4.78, 5) is 10.8. The van der Waals surface area contributed by atoms with Crippen LogP contribution in [0.5, 0.6) is 0 Å². The second-order valence-corrected chi connectivity index (χ2v) is 3.44. The Morgan fingerprint density at radius 1 is 1.26 bits per heavy atom. The molecule has 0 aromatic carbocycles. The molecule has 0 aliphatic rings. The molecule has 0 radical (unpaired) electrons. The van der Waals surface area contributed by atoms with E-state index in [1.54, 1.807) is 30.4 Å². The Bertz CT molecular complexity index is 462. The maximum Gasteiger partial charge on any atom is 0.303 e. The molecule has 0 aromatic heterocycles. The highest BCUT2D eigenvalue weighted by Crippen LogP contribution is 2.00. The van der Waals surface area contributed by atoms with Crippen molar-refractivity contribution in [2.24, 2.45) is 0 Å². The van der Waals surface area contributed by atoms with Crippen LogP contribution in [-0.2, 0) is 9.53 Å². The molecule has 1 N–H and O–H groups in total. The summed E-state index contributed by atoms with van der Waals surface area (Å²) >= 11 is 0. The summed E-state index contributed by atoms with van der Waals surface area (Å²) < 4.78 is 4.98. The van der Waals surface area contributed by atoms with Gasteiger partial charge < -0.3 is 9.84 Å². The number of esters is 1. The highest BCUT2D eigenvalue weighted by molar-refractivity contribution is 5.66. The van der Waals surface area contributed by atoms with Crippen molar-refractivity contribution in [3.63, 3.8) is 0 Å². The van der Waals surface area contributed by atoms with E-state index in [0.717, 1.165) is 0 Å². The van der Waals surface area contributed by atoms with Gasteiger partial charge in [0, 0.05) is 20.0 Å². The maximum atomic E-state index is 10.8. The molecule has 0 fully saturated rings. The lowest BCUT2D eigenvalue weighted by Gasteiger charge is -2.10. The largest absolute Gasteiger partial charge is 0.458 e. The van der Waals surface area contributed by atoms with E-state index in [4.69, 9.17) is 9.84 Å². The summed E-state index contributed by atoms with van der Waals surface area (Å²) in [6.07, 6.45) is 10.3. The first kappa shape index (κ1) is 16.8. The lowest BCUT2D eigenvalue weighted by Crippen LogP contribution is -2.14. The van der Waals surface area contributed by atoms with Crippen LogP contribution in [0.15, 0.2) is 36.5 Å². The second kappa shape index (κ2) is 12.2. The number of aliphatic hydroxyl groups excluding tert-OH is 1. The molecule has 100 valence electrons. The summed E-state index contributed by atoms with van der Waals surface area (Å²) in [7, 11) is 0. The highest BCUT2D eigenvalue weighted by atomic mass is 16.5. The van der Waals surface area contributed by atoms with E-state index in [2.05, 4.69) is 23.7 Å². The van der Waals surface area contributed by atoms with Crippen LogP contribution in [0.4, 0.5) is 0 Å². The van der Waals surface area contributed by atoms with Crippen molar-refractivity contribution in [1.29, 1.82) is 0 Å². The topological polar surface area (TPSA) is 46.5 Å². The van der Waals surface area contributed by atoms with Crippen molar-refractivity contribution < 1.29 is 14.6 Å². The van der Waals surface area contributed by atoms with Crippen LogP contribution in [-0.4, -0.2) is 23.8 Å². The van der Waals surface area contributed by atoms with Crippen LogP contribution < -0.4 is 0 Å². The third-order valence-corrected chi connectivity index (χ3v) is 1.80. The van der Waals surface area contributed by atoms with Gasteiger partial charge in [-0.3, -0.25) is 4.79 Å². The summed E-state index contributed by atoms with van der Waals surface area (Å²) in [5.74, 6) is 10.4. The first-order chi connectivity index (χ1) is 9.20. The van der Waals surface area contributed by atoms with Crippen molar-refractivity contribution in [2.45, 2.75) is 26.4 Å². The minimum absolute atomic E-state index is 0.0354. The van der Waals surface area contributed by atoms with E-state index in [-0.39, 0.29) is 12.6 Å². The summed E-state index contributed by atoms with van der Waals surface area (Å²) in [6.45, 7) is 3.19. The van der Waals surface area contributed by atoms with Gasteiger partial charge in [-0.15, -0.1) is 0 Å². The predicted molar refractivity (Wildman–Crippen MR) is 75.9 cm³/mol. The van der Waals surface area contributed by atoms with Gasteiger partial charge >= 0.3 is 5.97 Å². The van der Waals surface area contributed by atoms with Crippen LogP contribution in [0.2, 0.25) is 0 Å². The van der Waals surface area contributed by atoms with E-state index >= 15 is 0 Å². The molecule has 0 aromatic rings. The number of hydrogen-bond donors (Lipinski definition) is 1. The lowest BCUT2D eigenvalue weighted by atomic mass is 10.2. The summed E-state index contributed by atoms with van der Waals surface area (Å²) in [5.41, 5.74) is 0. The minimum Gasteiger partial charge on any atom is -0.458 e. The normalized spacial score (nSPS) is 11.9. The average molecular weight is 258 g/mol. The summed E-state index contributed by atoms with van der Waals surface area (Å²) in [5, 5.41) is 8.81. The Morgan fingerprint density at radius 2 is 1.95 bits per heavy atom. The number of carbonyl (C=O) groups is 1. The molecule has 0 heterocycles.